The number of aliphatic hydroxyl groups is 1. The molecule has 0 radical (unpaired) electrons. The Kier molecular flexibility index (Phi) is 5.48. The summed E-state index contributed by atoms with van der Waals surface area (Å²) < 4.78 is 0.634. The van der Waals surface area contributed by atoms with Crippen LogP contribution in [0.4, 0.5) is 5.69 Å². The van der Waals surface area contributed by atoms with Crippen LogP contribution in [0.5, 0.6) is 5.75 Å². The Morgan fingerprint density at radius 1 is 1.52 bits per heavy atom. The molecule has 1 aliphatic rings. The smallest absolute Gasteiger partial charge is 0.238 e. The zero-order chi connectivity index (χ0) is 15.6. The van der Waals surface area contributed by atoms with Crippen LogP contribution < -0.4 is 5.32 Å². The maximum absolute atomic E-state index is 12.1. The fraction of sp³-hybridized carbons (Fsp3) is 0.500. The zero-order valence-electron chi connectivity index (χ0n) is 11.6. The first-order valence-electron chi connectivity index (χ1n) is 6.74. The number of halogens is 2. The molecule has 1 aliphatic carbocycles. The number of amides is 1. The number of aliphatic hydroxyl groups excluding tert-OH is 1. The number of carbonyl (C=O) groups is 1. The number of nitrogens with one attached hydrogen (secondary N) is 1. The summed E-state index contributed by atoms with van der Waals surface area (Å²) in [4.78, 5) is 13.9. The van der Waals surface area contributed by atoms with Crippen molar-refractivity contribution in [1.82, 2.24) is 4.90 Å². The summed E-state index contributed by atoms with van der Waals surface area (Å²) in [6.45, 7) is 0.132. The number of rotatable bonds is 4. The number of likely N-dealkylation sites (N-methyl/N-ethyl adjacent to an activating group) is 1. The van der Waals surface area contributed by atoms with Crippen molar-refractivity contribution in [2.45, 2.75) is 31.4 Å². The number of phenolic OH excluding ortho intramolecular Hbond substituents is 1. The Bertz CT molecular complexity index is 518. The molecular weight excluding hydrogens is 360 g/mol. The first-order chi connectivity index (χ1) is 9.88. The van der Waals surface area contributed by atoms with Crippen molar-refractivity contribution < 1.29 is 15.0 Å². The van der Waals surface area contributed by atoms with Gasteiger partial charge in [-0.25, -0.2) is 0 Å². The van der Waals surface area contributed by atoms with Crippen LogP contribution in [-0.4, -0.2) is 46.8 Å². The van der Waals surface area contributed by atoms with E-state index in [2.05, 4.69) is 21.2 Å². The van der Waals surface area contributed by atoms with Crippen molar-refractivity contribution in [1.29, 1.82) is 0 Å². The van der Waals surface area contributed by atoms with E-state index >= 15 is 0 Å². The van der Waals surface area contributed by atoms with Crippen LogP contribution in [0.3, 0.4) is 0 Å². The average molecular weight is 378 g/mol. The zero-order valence-corrected chi connectivity index (χ0v) is 14.0. The summed E-state index contributed by atoms with van der Waals surface area (Å²) in [5.74, 6) is -0.373. The first kappa shape index (κ1) is 16.5. The van der Waals surface area contributed by atoms with Gasteiger partial charge in [-0.2, -0.15) is 0 Å². The highest BCUT2D eigenvalue weighted by molar-refractivity contribution is 9.10. The summed E-state index contributed by atoms with van der Waals surface area (Å²) >= 11 is 9.22. The summed E-state index contributed by atoms with van der Waals surface area (Å²) in [7, 11) is 1.81. The Morgan fingerprint density at radius 3 is 2.81 bits per heavy atom. The minimum atomic E-state index is -0.382. The lowest BCUT2D eigenvalue weighted by Gasteiger charge is -2.26. The number of hydrogen-bond donors (Lipinski definition) is 3. The largest absolute Gasteiger partial charge is 0.506 e. The van der Waals surface area contributed by atoms with Crippen LogP contribution in [-0.2, 0) is 4.79 Å². The van der Waals surface area contributed by atoms with Crippen molar-refractivity contribution in [2.75, 3.05) is 18.9 Å². The van der Waals surface area contributed by atoms with Gasteiger partial charge < -0.3 is 15.5 Å². The van der Waals surface area contributed by atoms with Crippen LogP contribution in [0.2, 0.25) is 5.02 Å². The number of nitrogens with zero attached hydrogens (tertiary/aromatic N) is 1. The number of carbonyl (C=O) groups excluding carboxylic acids is 1. The van der Waals surface area contributed by atoms with Crippen molar-refractivity contribution in [3.63, 3.8) is 0 Å². The Balaban J connectivity index is 1.99. The minimum Gasteiger partial charge on any atom is -0.506 e. The quantitative estimate of drug-likeness (QED) is 0.705. The average Bonchev–Trinajstić information content (AvgIpc) is 2.80. The van der Waals surface area contributed by atoms with Gasteiger partial charge in [0.05, 0.1) is 17.7 Å². The van der Waals surface area contributed by atoms with E-state index in [9.17, 15) is 15.0 Å². The molecular formula is C14H18BrClN2O3. The molecule has 0 bridgehead atoms. The highest BCUT2D eigenvalue weighted by Crippen LogP contribution is 2.35. The fourth-order valence-electron chi connectivity index (χ4n) is 2.64. The highest BCUT2D eigenvalue weighted by Gasteiger charge is 2.29. The molecule has 21 heavy (non-hydrogen) atoms. The lowest BCUT2D eigenvalue weighted by molar-refractivity contribution is -0.117. The molecule has 0 saturated heterocycles. The number of anilines is 1. The number of benzene rings is 1. The second-order valence-corrected chi connectivity index (χ2v) is 6.63. The third kappa shape index (κ3) is 4.10. The molecule has 2 rings (SSSR count). The number of hydrogen-bond acceptors (Lipinski definition) is 4. The molecule has 0 unspecified atom stereocenters. The van der Waals surface area contributed by atoms with Gasteiger partial charge in [-0.15, -0.1) is 0 Å². The van der Waals surface area contributed by atoms with Crippen molar-refractivity contribution >= 4 is 39.1 Å². The van der Waals surface area contributed by atoms with Gasteiger partial charge in [0.2, 0.25) is 5.91 Å². The highest BCUT2D eigenvalue weighted by atomic mass is 79.9. The summed E-state index contributed by atoms with van der Waals surface area (Å²) in [5, 5.41) is 22.5. The molecule has 0 aromatic heterocycles. The predicted octanol–water partition coefficient (Wildman–Crippen LogP) is 2.59. The molecule has 3 N–H and O–H groups in total. The summed E-state index contributed by atoms with van der Waals surface area (Å²) in [5.41, 5.74) is 0.199. The van der Waals surface area contributed by atoms with Crippen LogP contribution >= 0.6 is 27.5 Å². The SMILES string of the molecule is CN(CC(=O)Nc1c(O)cc(Br)cc1Cl)[C@@H]1CCC[C@H]1O. The van der Waals surface area contributed by atoms with Gasteiger partial charge in [0.25, 0.3) is 0 Å². The molecule has 2 atom stereocenters. The molecule has 1 amide bonds. The summed E-state index contributed by atoms with van der Waals surface area (Å²) in [6.07, 6.45) is 2.25. The molecule has 1 saturated carbocycles. The normalized spacial score (nSPS) is 21.8. The van der Waals surface area contributed by atoms with E-state index in [0.717, 1.165) is 19.3 Å². The fourth-order valence-corrected chi connectivity index (χ4v) is 3.48. The summed E-state index contributed by atoms with van der Waals surface area (Å²) in [6, 6.07) is 3.07. The van der Waals surface area contributed by atoms with E-state index in [0.29, 0.717) is 4.47 Å². The standard InChI is InChI=1S/C14H18BrClN2O3/c1-18(10-3-2-4-11(10)19)7-13(21)17-14-9(16)5-8(15)6-12(14)20/h5-6,10-11,19-20H,2-4,7H2,1H3,(H,17,21)/t10-,11-/m1/s1. The van der Waals surface area contributed by atoms with Gasteiger partial charge in [0.15, 0.2) is 0 Å². The third-order valence-corrected chi connectivity index (χ3v) is 4.46. The van der Waals surface area contributed by atoms with E-state index < -0.39 is 0 Å². The van der Waals surface area contributed by atoms with Gasteiger partial charge in [-0.3, -0.25) is 9.69 Å². The van der Waals surface area contributed by atoms with Gasteiger partial charge in [0.1, 0.15) is 11.4 Å². The molecule has 0 aliphatic heterocycles. The van der Waals surface area contributed by atoms with E-state index in [1.54, 1.807) is 6.07 Å². The van der Waals surface area contributed by atoms with Crippen LogP contribution in [0.15, 0.2) is 16.6 Å². The van der Waals surface area contributed by atoms with Crippen molar-refractivity contribution in [2.24, 2.45) is 0 Å². The lowest BCUT2D eigenvalue weighted by Crippen LogP contribution is -2.42. The maximum atomic E-state index is 12.1. The Hall–Kier alpha value is -0.820. The van der Waals surface area contributed by atoms with Crippen molar-refractivity contribution in [3.05, 3.63) is 21.6 Å². The van der Waals surface area contributed by atoms with Gasteiger partial charge >= 0.3 is 0 Å². The van der Waals surface area contributed by atoms with Gasteiger partial charge in [-0.1, -0.05) is 27.5 Å². The van der Waals surface area contributed by atoms with E-state index in [1.807, 2.05) is 11.9 Å². The van der Waals surface area contributed by atoms with Crippen LogP contribution in [0.1, 0.15) is 19.3 Å². The van der Waals surface area contributed by atoms with Crippen LogP contribution in [0, 0.1) is 0 Å². The van der Waals surface area contributed by atoms with E-state index in [4.69, 9.17) is 11.6 Å². The number of phenols is 1. The third-order valence-electron chi connectivity index (χ3n) is 3.70. The molecule has 0 spiro atoms. The Labute approximate surface area is 137 Å². The first-order valence-corrected chi connectivity index (χ1v) is 7.91. The molecule has 5 nitrogen and oxygen atoms in total. The molecule has 7 heteroatoms. The van der Waals surface area contributed by atoms with Gasteiger partial charge in [-0.05, 0) is 38.4 Å². The molecule has 1 aromatic carbocycles. The lowest BCUT2D eigenvalue weighted by atomic mass is 10.2. The second kappa shape index (κ2) is 6.96. The molecule has 0 heterocycles. The topological polar surface area (TPSA) is 72.8 Å². The molecule has 1 aromatic rings. The predicted molar refractivity (Wildman–Crippen MR) is 85.7 cm³/mol. The van der Waals surface area contributed by atoms with Gasteiger partial charge in [0, 0.05) is 10.5 Å². The van der Waals surface area contributed by atoms with E-state index in [1.165, 1.54) is 6.07 Å². The minimum absolute atomic E-state index is 0.00439. The van der Waals surface area contributed by atoms with Crippen LogP contribution in [0.25, 0.3) is 0 Å². The number of aromatic hydroxyl groups is 1. The molecule has 1 fully saturated rings. The van der Waals surface area contributed by atoms with E-state index in [-0.39, 0.29) is 41.1 Å². The maximum Gasteiger partial charge on any atom is 0.238 e. The monoisotopic (exact) mass is 376 g/mol. The molecule has 116 valence electrons. The Morgan fingerprint density at radius 2 is 2.24 bits per heavy atom. The second-order valence-electron chi connectivity index (χ2n) is 5.31. The van der Waals surface area contributed by atoms with Crippen molar-refractivity contribution in [3.8, 4) is 5.75 Å².